The maximum absolute atomic E-state index is 11.0. The molecule has 15 heavy (non-hydrogen) atoms. The summed E-state index contributed by atoms with van der Waals surface area (Å²) in [6.45, 7) is 1.81. The highest BCUT2D eigenvalue weighted by Crippen LogP contribution is 2.19. The summed E-state index contributed by atoms with van der Waals surface area (Å²) >= 11 is 0. The summed E-state index contributed by atoms with van der Waals surface area (Å²) in [5.74, 6) is -0.562. The third-order valence-corrected chi connectivity index (χ3v) is 2.55. The van der Waals surface area contributed by atoms with Gasteiger partial charge in [-0.1, -0.05) is 12.1 Å². The van der Waals surface area contributed by atoms with Gasteiger partial charge in [0.2, 0.25) is 5.91 Å². The Hall–Kier alpha value is -1.90. The Bertz CT molecular complexity index is 508. The zero-order valence-corrected chi connectivity index (χ0v) is 8.47. The maximum Gasteiger partial charge on any atom is 0.224 e. The fourth-order valence-corrected chi connectivity index (χ4v) is 1.53. The van der Waals surface area contributed by atoms with Crippen molar-refractivity contribution in [2.45, 2.75) is 12.8 Å². The second-order valence-corrected chi connectivity index (χ2v) is 3.58. The van der Waals surface area contributed by atoms with Gasteiger partial charge in [0.15, 0.2) is 0 Å². The van der Waals surface area contributed by atoms with Gasteiger partial charge in [0.25, 0.3) is 0 Å². The largest absolute Gasteiger partial charge is 0.369 e. The van der Waals surface area contributed by atoms with Gasteiger partial charge in [-0.3, -0.25) is 9.78 Å². The number of benzene rings is 1. The molecule has 0 aliphatic heterocycles. The molecule has 76 valence electrons. The summed E-state index contributed by atoms with van der Waals surface area (Å²) in [6, 6.07) is 9.60. The Morgan fingerprint density at radius 3 is 2.93 bits per heavy atom. The standard InChI is InChI=1S/C12H12N2O/c1-8(12(13)15)9-4-5-11-10(7-9)3-2-6-14-11/h2-8H,1H3,(H2,13,15). The second kappa shape index (κ2) is 3.69. The van der Waals surface area contributed by atoms with E-state index in [2.05, 4.69) is 4.98 Å². The number of nitrogens with zero attached hydrogens (tertiary/aromatic N) is 1. The SMILES string of the molecule is CC(C(N)=O)c1ccc2ncccc2c1. The molecule has 0 aliphatic rings. The summed E-state index contributed by atoms with van der Waals surface area (Å²) in [4.78, 5) is 15.3. The smallest absolute Gasteiger partial charge is 0.224 e. The van der Waals surface area contributed by atoms with Gasteiger partial charge in [-0.2, -0.15) is 0 Å². The van der Waals surface area contributed by atoms with Crippen LogP contribution in [0.25, 0.3) is 10.9 Å². The minimum absolute atomic E-state index is 0.255. The van der Waals surface area contributed by atoms with E-state index in [1.165, 1.54) is 0 Å². The highest BCUT2D eigenvalue weighted by molar-refractivity contribution is 5.85. The van der Waals surface area contributed by atoms with E-state index in [1.54, 1.807) is 13.1 Å². The number of aromatic nitrogens is 1. The molecule has 2 N–H and O–H groups in total. The first-order valence-corrected chi connectivity index (χ1v) is 4.82. The van der Waals surface area contributed by atoms with E-state index in [1.807, 2.05) is 30.3 Å². The molecule has 2 aromatic rings. The highest BCUT2D eigenvalue weighted by atomic mass is 16.1. The average molecular weight is 200 g/mol. The average Bonchev–Trinajstić information content (AvgIpc) is 2.27. The molecule has 0 saturated carbocycles. The van der Waals surface area contributed by atoms with Gasteiger partial charge in [0.05, 0.1) is 11.4 Å². The second-order valence-electron chi connectivity index (χ2n) is 3.58. The monoisotopic (exact) mass is 200 g/mol. The molecule has 0 spiro atoms. The number of amides is 1. The van der Waals surface area contributed by atoms with E-state index in [9.17, 15) is 4.79 Å². The predicted octanol–water partition coefficient (Wildman–Crippen LogP) is 1.82. The van der Waals surface area contributed by atoms with Crippen molar-refractivity contribution in [2.24, 2.45) is 5.73 Å². The van der Waals surface area contributed by atoms with Crippen molar-refractivity contribution in [3.8, 4) is 0 Å². The summed E-state index contributed by atoms with van der Waals surface area (Å²) in [5, 5.41) is 1.03. The van der Waals surface area contributed by atoms with E-state index < -0.39 is 0 Å². The molecule has 1 aromatic carbocycles. The van der Waals surface area contributed by atoms with Gasteiger partial charge >= 0.3 is 0 Å². The van der Waals surface area contributed by atoms with Crippen LogP contribution in [0.3, 0.4) is 0 Å². The molecule has 1 aromatic heterocycles. The fraction of sp³-hybridized carbons (Fsp3) is 0.167. The number of nitrogens with two attached hydrogens (primary N) is 1. The first-order valence-electron chi connectivity index (χ1n) is 4.82. The molecule has 1 atom stereocenters. The minimum Gasteiger partial charge on any atom is -0.369 e. The number of carbonyl (C=O) groups is 1. The Balaban J connectivity index is 2.51. The van der Waals surface area contributed by atoms with Gasteiger partial charge < -0.3 is 5.73 Å². The van der Waals surface area contributed by atoms with Crippen LogP contribution in [0.4, 0.5) is 0 Å². The van der Waals surface area contributed by atoms with E-state index in [4.69, 9.17) is 5.73 Å². The third kappa shape index (κ3) is 1.81. The molecule has 1 unspecified atom stereocenters. The molecule has 2 rings (SSSR count). The van der Waals surface area contributed by atoms with E-state index in [0.29, 0.717) is 0 Å². The summed E-state index contributed by atoms with van der Waals surface area (Å²) in [5.41, 5.74) is 7.12. The fourth-order valence-electron chi connectivity index (χ4n) is 1.53. The lowest BCUT2D eigenvalue weighted by Gasteiger charge is -2.08. The zero-order chi connectivity index (χ0) is 10.8. The number of hydrogen-bond acceptors (Lipinski definition) is 2. The molecule has 0 aliphatic carbocycles. The predicted molar refractivity (Wildman–Crippen MR) is 59.4 cm³/mol. The summed E-state index contributed by atoms with van der Waals surface area (Å²) in [6.07, 6.45) is 1.75. The van der Waals surface area contributed by atoms with Crippen LogP contribution in [0.5, 0.6) is 0 Å². The lowest BCUT2D eigenvalue weighted by atomic mass is 9.99. The van der Waals surface area contributed by atoms with Crippen LogP contribution in [0.1, 0.15) is 18.4 Å². The number of rotatable bonds is 2. The van der Waals surface area contributed by atoms with E-state index in [-0.39, 0.29) is 11.8 Å². The van der Waals surface area contributed by atoms with Crippen molar-refractivity contribution in [3.63, 3.8) is 0 Å². The first kappa shape index (κ1) is 9.65. The Labute approximate surface area is 87.9 Å². The molecule has 0 bridgehead atoms. The van der Waals surface area contributed by atoms with Gasteiger partial charge in [-0.05, 0) is 30.7 Å². The number of carbonyl (C=O) groups excluding carboxylic acids is 1. The number of primary amides is 1. The van der Waals surface area contributed by atoms with Crippen LogP contribution in [-0.2, 0) is 4.79 Å². The first-order chi connectivity index (χ1) is 7.18. The molecule has 3 nitrogen and oxygen atoms in total. The quantitative estimate of drug-likeness (QED) is 0.803. The van der Waals surface area contributed by atoms with Crippen molar-refractivity contribution in [1.29, 1.82) is 0 Å². The Kier molecular flexibility index (Phi) is 2.37. The van der Waals surface area contributed by atoms with Crippen molar-refractivity contribution in [1.82, 2.24) is 4.98 Å². The minimum atomic E-state index is -0.307. The third-order valence-electron chi connectivity index (χ3n) is 2.55. The molecular weight excluding hydrogens is 188 g/mol. The summed E-state index contributed by atoms with van der Waals surface area (Å²) in [7, 11) is 0. The van der Waals surface area contributed by atoms with Crippen LogP contribution >= 0.6 is 0 Å². The lowest BCUT2D eigenvalue weighted by Crippen LogP contribution is -2.18. The van der Waals surface area contributed by atoms with Crippen LogP contribution in [0.2, 0.25) is 0 Å². The molecule has 0 fully saturated rings. The van der Waals surface area contributed by atoms with Crippen molar-refractivity contribution in [3.05, 3.63) is 42.1 Å². The van der Waals surface area contributed by atoms with Crippen molar-refractivity contribution in [2.75, 3.05) is 0 Å². The van der Waals surface area contributed by atoms with Crippen LogP contribution in [-0.4, -0.2) is 10.9 Å². The number of hydrogen-bond donors (Lipinski definition) is 1. The van der Waals surface area contributed by atoms with Crippen LogP contribution < -0.4 is 5.73 Å². The summed E-state index contributed by atoms with van der Waals surface area (Å²) < 4.78 is 0. The van der Waals surface area contributed by atoms with Gasteiger partial charge in [-0.25, -0.2) is 0 Å². The van der Waals surface area contributed by atoms with Crippen molar-refractivity contribution >= 4 is 16.8 Å². The number of pyridine rings is 1. The van der Waals surface area contributed by atoms with Gasteiger partial charge in [-0.15, -0.1) is 0 Å². The van der Waals surface area contributed by atoms with E-state index in [0.717, 1.165) is 16.5 Å². The molecule has 0 saturated heterocycles. The van der Waals surface area contributed by atoms with Crippen molar-refractivity contribution < 1.29 is 4.79 Å². The molecular formula is C12H12N2O. The number of fused-ring (bicyclic) bond motifs is 1. The molecule has 1 heterocycles. The molecule has 3 heteroatoms. The van der Waals surface area contributed by atoms with Crippen LogP contribution in [0.15, 0.2) is 36.5 Å². The van der Waals surface area contributed by atoms with Gasteiger partial charge in [0.1, 0.15) is 0 Å². The molecule has 1 amide bonds. The highest BCUT2D eigenvalue weighted by Gasteiger charge is 2.11. The topological polar surface area (TPSA) is 56.0 Å². The lowest BCUT2D eigenvalue weighted by molar-refractivity contribution is -0.119. The van der Waals surface area contributed by atoms with E-state index >= 15 is 0 Å². The molecule has 0 radical (unpaired) electrons. The maximum atomic E-state index is 11.0. The van der Waals surface area contributed by atoms with Crippen LogP contribution in [0, 0.1) is 0 Å². The Morgan fingerprint density at radius 1 is 1.40 bits per heavy atom. The Morgan fingerprint density at radius 2 is 2.20 bits per heavy atom. The zero-order valence-electron chi connectivity index (χ0n) is 8.47. The normalized spacial score (nSPS) is 12.6. The van der Waals surface area contributed by atoms with Gasteiger partial charge in [0, 0.05) is 11.6 Å².